The largest absolute Gasteiger partial charge is 0.322 e. The number of benzene rings is 1. The first-order chi connectivity index (χ1) is 8.50. The fourth-order valence-corrected chi connectivity index (χ4v) is 2.10. The number of halogens is 1. The highest BCUT2D eigenvalue weighted by atomic mass is 35.5. The van der Waals surface area contributed by atoms with Gasteiger partial charge in [0, 0.05) is 11.1 Å². The summed E-state index contributed by atoms with van der Waals surface area (Å²) in [5.41, 5.74) is 9.41. The molecule has 4 heteroatoms. The van der Waals surface area contributed by atoms with Gasteiger partial charge in [-0.15, -0.1) is 0 Å². The lowest BCUT2D eigenvalue weighted by molar-refractivity contribution is 0.497. The van der Waals surface area contributed by atoms with Crippen molar-refractivity contribution in [3.8, 4) is 5.69 Å². The fourth-order valence-electron chi connectivity index (χ4n) is 1.94. The zero-order chi connectivity index (χ0) is 13.3. The summed E-state index contributed by atoms with van der Waals surface area (Å²) in [5.74, 6) is 0.361. The zero-order valence-corrected chi connectivity index (χ0v) is 11.6. The highest BCUT2D eigenvalue weighted by molar-refractivity contribution is 6.30. The third-order valence-electron chi connectivity index (χ3n) is 3.16. The van der Waals surface area contributed by atoms with Gasteiger partial charge in [-0.25, -0.2) is 4.98 Å². The molecule has 3 nitrogen and oxygen atoms in total. The number of aromatic nitrogens is 2. The lowest BCUT2D eigenvalue weighted by Gasteiger charge is -2.19. The van der Waals surface area contributed by atoms with Gasteiger partial charge in [0.05, 0.1) is 23.9 Å². The molecular formula is C14H18ClN3. The summed E-state index contributed by atoms with van der Waals surface area (Å²) < 4.78 is 2.02. The van der Waals surface area contributed by atoms with Gasteiger partial charge >= 0.3 is 0 Å². The van der Waals surface area contributed by atoms with E-state index in [1.807, 2.05) is 29.0 Å². The van der Waals surface area contributed by atoms with Crippen LogP contribution in [0.25, 0.3) is 5.69 Å². The van der Waals surface area contributed by atoms with E-state index in [-0.39, 0.29) is 6.04 Å². The van der Waals surface area contributed by atoms with Crippen LogP contribution in [0.4, 0.5) is 0 Å². The summed E-state index contributed by atoms with van der Waals surface area (Å²) in [6, 6.07) is 5.79. The average molecular weight is 264 g/mol. The van der Waals surface area contributed by atoms with Gasteiger partial charge in [0.1, 0.15) is 0 Å². The molecule has 2 rings (SSSR count). The molecule has 96 valence electrons. The van der Waals surface area contributed by atoms with Crippen LogP contribution in [0.5, 0.6) is 0 Å². The van der Waals surface area contributed by atoms with Crippen LogP contribution in [0.2, 0.25) is 5.02 Å². The van der Waals surface area contributed by atoms with E-state index >= 15 is 0 Å². The number of hydrogen-bond acceptors (Lipinski definition) is 2. The molecule has 0 aliphatic rings. The number of imidazole rings is 1. The molecule has 0 fully saturated rings. The van der Waals surface area contributed by atoms with Gasteiger partial charge in [-0.2, -0.15) is 0 Å². The third kappa shape index (κ3) is 2.42. The molecule has 1 unspecified atom stereocenters. The van der Waals surface area contributed by atoms with Crippen molar-refractivity contribution in [1.29, 1.82) is 0 Å². The maximum absolute atomic E-state index is 6.21. The van der Waals surface area contributed by atoms with Crippen molar-refractivity contribution < 1.29 is 0 Å². The van der Waals surface area contributed by atoms with Gasteiger partial charge < -0.3 is 10.3 Å². The molecule has 0 amide bonds. The maximum atomic E-state index is 6.21. The predicted octanol–water partition coefficient (Wildman–Crippen LogP) is 3.49. The topological polar surface area (TPSA) is 43.8 Å². The Morgan fingerprint density at radius 3 is 2.72 bits per heavy atom. The Morgan fingerprint density at radius 1 is 1.33 bits per heavy atom. The molecule has 0 radical (unpaired) electrons. The summed E-state index contributed by atoms with van der Waals surface area (Å²) in [6.45, 7) is 6.26. The molecule has 18 heavy (non-hydrogen) atoms. The van der Waals surface area contributed by atoms with E-state index in [1.165, 1.54) is 0 Å². The van der Waals surface area contributed by atoms with E-state index in [0.29, 0.717) is 10.9 Å². The third-order valence-corrected chi connectivity index (χ3v) is 3.39. The highest BCUT2D eigenvalue weighted by Gasteiger charge is 2.16. The van der Waals surface area contributed by atoms with Crippen LogP contribution in [0, 0.1) is 12.8 Å². The summed E-state index contributed by atoms with van der Waals surface area (Å²) in [5, 5.41) is 0.716. The Hall–Kier alpha value is -1.32. The minimum atomic E-state index is -0.0362. The standard InChI is InChI=1S/C14H18ClN3/c1-9(2)14(16)13-7-17-8-18(13)12-6-11(15)5-4-10(12)3/h4-9,14H,16H2,1-3H3. The molecule has 1 aromatic heterocycles. The van der Waals surface area contributed by atoms with Gasteiger partial charge in [-0.3, -0.25) is 0 Å². The average Bonchev–Trinajstić information content (AvgIpc) is 2.80. The number of nitrogens with two attached hydrogens (primary N) is 1. The van der Waals surface area contributed by atoms with Crippen molar-refractivity contribution in [2.45, 2.75) is 26.8 Å². The van der Waals surface area contributed by atoms with E-state index in [4.69, 9.17) is 17.3 Å². The monoisotopic (exact) mass is 263 g/mol. The molecule has 2 aromatic rings. The summed E-state index contributed by atoms with van der Waals surface area (Å²) in [6.07, 6.45) is 3.61. The molecule has 1 aromatic carbocycles. The molecule has 0 aliphatic heterocycles. The molecule has 0 saturated carbocycles. The smallest absolute Gasteiger partial charge is 0.0994 e. The van der Waals surface area contributed by atoms with Crippen LogP contribution in [0.3, 0.4) is 0 Å². The first kappa shape index (κ1) is 13.1. The van der Waals surface area contributed by atoms with Crippen molar-refractivity contribution in [3.63, 3.8) is 0 Å². The molecule has 0 aliphatic carbocycles. The van der Waals surface area contributed by atoms with Gasteiger partial charge in [-0.05, 0) is 30.5 Å². The van der Waals surface area contributed by atoms with Gasteiger partial charge in [0.25, 0.3) is 0 Å². The van der Waals surface area contributed by atoms with Crippen molar-refractivity contribution in [3.05, 3.63) is 47.0 Å². The quantitative estimate of drug-likeness (QED) is 0.921. The Labute approximate surface area is 113 Å². The van der Waals surface area contributed by atoms with E-state index in [2.05, 4.69) is 25.8 Å². The van der Waals surface area contributed by atoms with Crippen LogP contribution in [-0.2, 0) is 0 Å². The molecule has 0 spiro atoms. The number of rotatable bonds is 3. The number of nitrogens with zero attached hydrogens (tertiary/aromatic N) is 2. The minimum Gasteiger partial charge on any atom is -0.322 e. The fraction of sp³-hybridized carbons (Fsp3) is 0.357. The lowest BCUT2D eigenvalue weighted by Crippen LogP contribution is -2.20. The molecule has 0 bridgehead atoms. The SMILES string of the molecule is Cc1ccc(Cl)cc1-n1cncc1C(N)C(C)C. The molecule has 1 atom stereocenters. The first-order valence-corrected chi connectivity index (χ1v) is 6.43. The summed E-state index contributed by atoms with van der Waals surface area (Å²) >= 11 is 6.06. The van der Waals surface area contributed by atoms with E-state index in [1.54, 1.807) is 6.33 Å². The summed E-state index contributed by atoms with van der Waals surface area (Å²) in [7, 11) is 0. The highest BCUT2D eigenvalue weighted by Crippen LogP contribution is 2.25. The number of aryl methyl sites for hydroxylation is 1. The lowest BCUT2D eigenvalue weighted by atomic mass is 10.0. The Balaban J connectivity index is 2.52. The minimum absolute atomic E-state index is 0.0362. The second kappa shape index (κ2) is 5.12. The molecule has 2 N–H and O–H groups in total. The second-order valence-corrected chi connectivity index (χ2v) is 5.33. The van der Waals surface area contributed by atoms with Crippen LogP contribution < -0.4 is 5.73 Å². The summed E-state index contributed by atoms with van der Waals surface area (Å²) in [4.78, 5) is 4.21. The van der Waals surface area contributed by atoms with Crippen LogP contribution in [0.15, 0.2) is 30.7 Å². The van der Waals surface area contributed by atoms with Crippen molar-refractivity contribution in [2.24, 2.45) is 11.7 Å². The molecule has 1 heterocycles. The Morgan fingerprint density at radius 2 is 2.06 bits per heavy atom. The van der Waals surface area contributed by atoms with Gasteiger partial charge in [0.15, 0.2) is 0 Å². The van der Waals surface area contributed by atoms with Gasteiger partial charge in [0.2, 0.25) is 0 Å². The van der Waals surface area contributed by atoms with Crippen LogP contribution in [-0.4, -0.2) is 9.55 Å². The number of hydrogen-bond donors (Lipinski definition) is 1. The van der Waals surface area contributed by atoms with E-state index in [9.17, 15) is 0 Å². The van der Waals surface area contributed by atoms with Crippen molar-refractivity contribution in [1.82, 2.24) is 9.55 Å². The van der Waals surface area contributed by atoms with Crippen molar-refractivity contribution in [2.75, 3.05) is 0 Å². The predicted molar refractivity (Wildman–Crippen MR) is 75.1 cm³/mol. The second-order valence-electron chi connectivity index (χ2n) is 4.89. The molecular weight excluding hydrogens is 246 g/mol. The first-order valence-electron chi connectivity index (χ1n) is 6.05. The zero-order valence-electron chi connectivity index (χ0n) is 10.9. The van der Waals surface area contributed by atoms with E-state index < -0.39 is 0 Å². The van der Waals surface area contributed by atoms with Gasteiger partial charge in [-0.1, -0.05) is 31.5 Å². The van der Waals surface area contributed by atoms with E-state index in [0.717, 1.165) is 16.9 Å². The molecule has 0 saturated heterocycles. The van der Waals surface area contributed by atoms with Crippen LogP contribution in [0.1, 0.15) is 31.1 Å². The normalized spacial score (nSPS) is 13.0. The Bertz CT molecular complexity index is 546. The maximum Gasteiger partial charge on any atom is 0.0994 e. The Kier molecular flexibility index (Phi) is 3.73. The van der Waals surface area contributed by atoms with Crippen molar-refractivity contribution >= 4 is 11.6 Å². The van der Waals surface area contributed by atoms with Crippen LogP contribution >= 0.6 is 11.6 Å².